The fraction of sp³-hybridized carbons (Fsp3) is 0.0667. The lowest BCUT2D eigenvalue weighted by Crippen LogP contribution is -2.15. The maximum Gasteiger partial charge on any atom is 0.259 e. The van der Waals surface area contributed by atoms with E-state index in [4.69, 9.17) is 0 Å². The summed E-state index contributed by atoms with van der Waals surface area (Å²) in [7, 11) is 0. The lowest BCUT2D eigenvalue weighted by molar-refractivity contribution is 0.101. The van der Waals surface area contributed by atoms with E-state index in [2.05, 4.69) is 10.6 Å². The topological polar surface area (TPSA) is 98.7 Å². The van der Waals surface area contributed by atoms with Crippen molar-refractivity contribution >= 4 is 44.7 Å². The van der Waals surface area contributed by atoms with E-state index in [0.717, 1.165) is 32.7 Å². The van der Waals surface area contributed by atoms with E-state index in [9.17, 15) is 19.8 Å². The molecule has 0 radical (unpaired) electrons. The molecule has 0 fully saturated rings. The molecule has 0 aliphatic rings. The molecule has 0 unspecified atom stereocenters. The highest BCUT2D eigenvalue weighted by molar-refractivity contribution is 6.10. The molecule has 0 saturated heterocycles. The first-order valence-electron chi connectivity index (χ1n) is 11.5. The summed E-state index contributed by atoms with van der Waals surface area (Å²) in [6.45, 7) is 3.64. The second-order valence-electron chi connectivity index (χ2n) is 8.82. The first-order valence-corrected chi connectivity index (χ1v) is 11.5. The van der Waals surface area contributed by atoms with Gasteiger partial charge in [0.25, 0.3) is 11.8 Å². The number of amides is 2. The van der Waals surface area contributed by atoms with Gasteiger partial charge in [-0.05, 0) is 82.9 Å². The van der Waals surface area contributed by atoms with Crippen molar-refractivity contribution in [1.29, 1.82) is 0 Å². The van der Waals surface area contributed by atoms with Crippen LogP contribution in [-0.4, -0.2) is 22.0 Å². The van der Waals surface area contributed by atoms with Gasteiger partial charge in [0.05, 0.1) is 11.1 Å². The molecule has 0 atom stereocenters. The average molecular weight is 477 g/mol. The van der Waals surface area contributed by atoms with Gasteiger partial charge in [0.15, 0.2) is 0 Å². The van der Waals surface area contributed by atoms with E-state index in [-0.39, 0.29) is 22.6 Å². The number of rotatable bonds is 4. The zero-order valence-corrected chi connectivity index (χ0v) is 19.8. The fourth-order valence-corrected chi connectivity index (χ4v) is 4.29. The molecule has 0 aliphatic carbocycles. The summed E-state index contributed by atoms with van der Waals surface area (Å²) in [5, 5.41) is 29.9. The zero-order chi connectivity index (χ0) is 25.4. The van der Waals surface area contributed by atoms with Crippen molar-refractivity contribution in [3.8, 4) is 11.5 Å². The van der Waals surface area contributed by atoms with E-state index in [1.54, 1.807) is 36.4 Å². The van der Waals surface area contributed by atoms with Crippen molar-refractivity contribution in [3.63, 3.8) is 0 Å². The predicted octanol–water partition coefficient (Wildman–Crippen LogP) is 6.53. The molecule has 5 aromatic carbocycles. The average Bonchev–Trinajstić information content (AvgIpc) is 2.86. The monoisotopic (exact) mass is 476 g/mol. The number of benzene rings is 5. The molecular formula is C30H24N2O4. The minimum atomic E-state index is -0.432. The Labute approximate surface area is 207 Å². The van der Waals surface area contributed by atoms with Gasteiger partial charge in [0.1, 0.15) is 11.5 Å². The molecule has 36 heavy (non-hydrogen) atoms. The predicted molar refractivity (Wildman–Crippen MR) is 143 cm³/mol. The van der Waals surface area contributed by atoms with Gasteiger partial charge in [-0.2, -0.15) is 0 Å². The van der Waals surface area contributed by atoms with Crippen molar-refractivity contribution in [3.05, 3.63) is 107 Å². The van der Waals surface area contributed by atoms with Crippen molar-refractivity contribution in [2.45, 2.75) is 13.8 Å². The smallest absolute Gasteiger partial charge is 0.259 e. The number of carbonyl (C=O) groups is 2. The Morgan fingerprint density at radius 2 is 0.889 bits per heavy atom. The summed E-state index contributed by atoms with van der Waals surface area (Å²) < 4.78 is 0. The molecule has 0 spiro atoms. The van der Waals surface area contributed by atoms with Crippen LogP contribution in [0.3, 0.4) is 0 Å². The molecule has 2 amide bonds. The van der Waals surface area contributed by atoms with Gasteiger partial charge in [-0.1, -0.05) is 48.5 Å². The van der Waals surface area contributed by atoms with E-state index in [1.165, 1.54) is 0 Å². The first-order chi connectivity index (χ1) is 17.3. The summed E-state index contributed by atoms with van der Waals surface area (Å²) in [5.74, 6) is -1.06. The van der Waals surface area contributed by atoms with Gasteiger partial charge < -0.3 is 20.8 Å². The molecule has 0 saturated carbocycles. The van der Waals surface area contributed by atoms with Gasteiger partial charge in [0, 0.05) is 11.4 Å². The molecule has 5 rings (SSSR count). The Morgan fingerprint density at radius 3 is 1.25 bits per heavy atom. The summed E-state index contributed by atoms with van der Waals surface area (Å²) in [5.41, 5.74) is 2.94. The van der Waals surface area contributed by atoms with Crippen LogP contribution in [0.4, 0.5) is 11.4 Å². The van der Waals surface area contributed by atoms with Crippen LogP contribution in [0.25, 0.3) is 21.5 Å². The standard InChI is InChI=1S/C30H24N2O4/c1-17-11-26(32-30(36)24-14-20-8-4-6-10-22(20)16-28(24)34)18(2)12-25(17)31-29(35)23-13-19-7-3-5-9-21(19)15-27(23)33/h3-16,33-34H,1-2H3,(H,31,35)(H,32,36). The van der Waals surface area contributed by atoms with E-state index in [1.807, 2.05) is 62.4 Å². The Morgan fingerprint density at radius 1 is 0.556 bits per heavy atom. The van der Waals surface area contributed by atoms with Gasteiger partial charge in [-0.15, -0.1) is 0 Å². The molecule has 5 aromatic rings. The molecular weight excluding hydrogens is 452 g/mol. The maximum absolute atomic E-state index is 13.0. The van der Waals surface area contributed by atoms with Crippen LogP contribution < -0.4 is 10.6 Å². The van der Waals surface area contributed by atoms with Crippen LogP contribution in [-0.2, 0) is 0 Å². The van der Waals surface area contributed by atoms with Crippen LogP contribution in [0.1, 0.15) is 31.8 Å². The first kappa shape index (κ1) is 22.9. The molecule has 6 nitrogen and oxygen atoms in total. The van der Waals surface area contributed by atoms with Crippen LogP contribution >= 0.6 is 0 Å². The van der Waals surface area contributed by atoms with Crippen LogP contribution in [0.5, 0.6) is 11.5 Å². The minimum Gasteiger partial charge on any atom is -0.507 e. The summed E-state index contributed by atoms with van der Waals surface area (Å²) in [6, 6.07) is 25.0. The highest BCUT2D eigenvalue weighted by Gasteiger charge is 2.17. The van der Waals surface area contributed by atoms with Gasteiger partial charge in [-0.25, -0.2) is 0 Å². The third kappa shape index (κ3) is 4.32. The van der Waals surface area contributed by atoms with Crippen molar-refractivity contribution < 1.29 is 19.8 Å². The Balaban J connectivity index is 1.38. The van der Waals surface area contributed by atoms with Crippen LogP contribution in [0, 0.1) is 13.8 Å². The highest BCUT2D eigenvalue weighted by Crippen LogP contribution is 2.30. The fourth-order valence-electron chi connectivity index (χ4n) is 4.29. The van der Waals surface area contributed by atoms with Crippen molar-refractivity contribution in [2.24, 2.45) is 0 Å². The summed E-state index contributed by atoms with van der Waals surface area (Å²) in [6.07, 6.45) is 0. The normalized spacial score (nSPS) is 10.9. The SMILES string of the molecule is Cc1cc(NC(=O)c2cc3ccccc3cc2O)c(C)cc1NC(=O)c1cc2ccccc2cc1O. The van der Waals surface area contributed by atoms with Crippen molar-refractivity contribution in [2.75, 3.05) is 10.6 Å². The summed E-state index contributed by atoms with van der Waals surface area (Å²) in [4.78, 5) is 25.9. The molecule has 0 aliphatic heterocycles. The number of hydrogen-bond acceptors (Lipinski definition) is 4. The highest BCUT2D eigenvalue weighted by atomic mass is 16.3. The number of nitrogens with one attached hydrogen (secondary N) is 2. The molecule has 0 bridgehead atoms. The number of aryl methyl sites for hydroxylation is 2. The number of aromatic hydroxyl groups is 2. The van der Waals surface area contributed by atoms with E-state index >= 15 is 0 Å². The van der Waals surface area contributed by atoms with Gasteiger partial charge in [0.2, 0.25) is 0 Å². The maximum atomic E-state index is 13.0. The molecule has 178 valence electrons. The Kier molecular flexibility index (Phi) is 5.78. The molecule has 4 N–H and O–H groups in total. The number of phenolic OH excluding ortho intramolecular Hbond substituents is 2. The lowest BCUT2D eigenvalue weighted by Gasteiger charge is -2.15. The quantitative estimate of drug-likeness (QED) is 0.237. The molecule has 0 heterocycles. The number of carbonyl (C=O) groups excluding carboxylic acids is 2. The van der Waals surface area contributed by atoms with Gasteiger partial charge in [-0.3, -0.25) is 9.59 Å². The number of phenols is 2. The number of anilines is 2. The van der Waals surface area contributed by atoms with Crippen molar-refractivity contribution in [1.82, 2.24) is 0 Å². The molecule has 6 heteroatoms. The van der Waals surface area contributed by atoms with Gasteiger partial charge >= 0.3 is 0 Å². The third-order valence-corrected chi connectivity index (χ3v) is 6.29. The van der Waals surface area contributed by atoms with E-state index < -0.39 is 11.8 Å². The minimum absolute atomic E-state index is 0.0975. The third-order valence-electron chi connectivity index (χ3n) is 6.29. The number of fused-ring (bicyclic) bond motifs is 2. The Hall–Kier alpha value is -4.84. The number of hydrogen-bond donors (Lipinski definition) is 4. The Bertz CT molecular complexity index is 1550. The zero-order valence-electron chi connectivity index (χ0n) is 19.8. The second-order valence-corrected chi connectivity index (χ2v) is 8.82. The largest absolute Gasteiger partial charge is 0.507 e. The van der Waals surface area contributed by atoms with Crippen LogP contribution in [0.2, 0.25) is 0 Å². The van der Waals surface area contributed by atoms with Crippen LogP contribution in [0.15, 0.2) is 84.9 Å². The summed E-state index contributed by atoms with van der Waals surface area (Å²) >= 11 is 0. The second kappa shape index (κ2) is 9.07. The molecule has 0 aromatic heterocycles. The van der Waals surface area contributed by atoms with E-state index in [0.29, 0.717) is 11.4 Å². The lowest BCUT2D eigenvalue weighted by atomic mass is 10.0.